The zero-order chi connectivity index (χ0) is 15.0. The van der Waals surface area contributed by atoms with Crippen LogP contribution in [-0.2, 0) is 11.2 Å². The third-order valence-corrected chi connectivity index (χ3v) is 3.25. The van der Waals surface area contributed by atoms with Crippen molar-refractivity contribution in [1.29, 1.82) is 0 Å². The van der Waals surface area contributed by atoms with Crippen molar-refractivity contribution in [3.05, 3.63) is 58.0 Å². The summed E-state index contributed by atoms with van der Waals surface area (Å²) in [4.78, 5) is 27.5. The van der Waals surface area contributed by atoms with Gasteiger partial charge >= 0.3 is 5.97 Å². The molecular formula is C15H13N3O3. The Morgan fingerprint density at radius 2 is 2.05 bits per heavy atom. The van der Waals surface area contributed by atoms with Crippen LogP contribution in [0.5, 0.6) is 0 Å². The summed E-state index contributed by atoms with van der Waals surface area (Å²) in [6.45, 7) is 1.78. The normalized spacial score (nSPS) is 10.9. The molecule has 0 amide bonds. The lowest BCUT2D eigenvalue weighted by molar-refractivity contribution is -0.136. The number of benzene rings is 1. The standard InChI is InChI=1S/C15H13N3O3/c1-9-7-10(8-12(19)20)16-14-13(9)15(21)18(17-14)11-5-3-2-4-6-11/h2-7H,8H2,1H3,(H,16,17)(H,19,20). The van der Waals surface area contributed by atoms with E-state index in [9.17, 15) is 9.59 Å². The van der Waals surface area contributed by atoms with Gasteiger partial charge < -0.3 is 5.11 Å². The fourth-order valence-corrected chi connectivity index (χ4v) is 2.36. The van der Waals surface area contributed by atoms with Gasteiger partial charge in [-0.2, -0.15) is 0 Å². The van der Waals surface area contributed by atoms with Gasteiger partial charge in [-0.05, 0) is 30.7 Å². The van der Waals surface area contributed by atoms with Crippen LogP contribution < -0.4 is 5.56 Å². The fraction of sp³-hybridized carbons (Fsp3) is 0.133. The van der Waals surface area contributed by atoms with Gasteiger partial charge in [0.1, 0.15) is 0 Å². The van der Waals surface area contributed by atoms with E-state index >= 15 is 0 Å². The summed E-state index contributed by atoms with van der Waals surface area (Å²) in [5, 5.41) is 12.3. The first-order valence-corrected chi connectivity index (χ1v) is 6.45. The number of aromatic amines is 1. The minimum absolute atomic E-state index is 0.171. The fourth-order valence-electron chi connectivity index (χ4n) is 2.36. The molecule has 106 valence electrons. The number of nitrogens with one attached hydrogen (secondary N) is 1. The molecule has 6 nitrogen and oxygen atoms in total. The Balaban J connectivity index is 2.22. The monoisotopic (exact) mass is 283 g/mol. The maximum Gasteiger partial charge on any atom is 0.309 e. The van der Waals surface area contributed by atoms with E-state index in [1.165, 1.54) is 4.68 Å². The quantitative estimate of drug-likeness (QED) is 0.765. The van der Waals surface area contributed by atoms with E-state index in [0.29, 0.717) is 28.0 Å². The van der Waals surface area contributed by atoms with E-state index in [4.69, 9.17) is 5.11 Å². The molecule has 0 bridgehead atoms. The SMILES string of the molecule is Cc1cc(CC(=O)O)nc2[nH]n(-c3ccccc3)c(=O)c12. The van der Waals surface area contributed by atoms with E-state index in [0.717, 1.165) is 0 Å². The number of aromatic nitrogens is 3. The van der Waals surface area contributed by atoms with Crippen LogP contribution in [0, 0.1) is 6.92 Å². The van der Waals surface area contributed by atoms with Crippen molar-refractivity contribution in [3.63, 3.8) is 0 Å². The van der Waals surface area contributed by atoms with Crippen LogP contribution in [0.25, 0.3) is 16.7 Å². The van der Waals surface area contributed by atoms with E-state index in [2.05, 4.69) is 10.1 Å². The second kappa shape index (κ2) is 4.90. The lowest BCUT2D eigenvalue weighted by atomic mass is 10.1. The number of carboxylic acid groups (broad SMARTS) is 1. The van der Waals surface area contributed by atoms with Gasteiger partial charge in [-0.1, -0.05) is 18.2 Å². The smallest absolute Gasteiger partial charge is 0.309 e. The molecule has 0 aliphatic heterocycles. The summed E-state index contributed by atoms with van der Waals surface area (Å²) in [5.74, 6) is -0.953. The molecule has 3 rings (SSSR count). The number of nitrogens with zero attached hydrogens (tertiary/aromatic N) is 2. The summed E-state index contributed by atoms with van der Waals surface area (Å²) in [7, 11) is 0. The zero-order valence-corrected chi connectivity index (χ0v) is 11.3. The predicted octanol–water partition coefficient (Wildman–Crippen LogP) is 1.65. The van der Waals surface area contributed by atoms with Crippen LogP contribution in [-0.4, -0.2) is 25.8 Å². The van der Waals surface area contributed by atoms with Gasteiger partial charge in [0.15, 0.2) is 5.65 Å². The number of aryl methyl sites for hydroxylation is 1. The van der Waals surface area contributed by atoms with E-state index in [1.54, 1.807) is 13.0 Å². The molecule has 0 spiro atoms. The molecule has 0 atom stereocenters. The van der Waals surface area contributed by atoms with Crippen molar-refractivity contribution < 1.29 is 9.90 Å². The molecule has 0 aliphatic carbocycles. The highest BCUT2D eigenvalue weighted by atomic mass is 16.4. The Morgan fingerprint density at radius 3 is 2.71 bits per heavy atom. The molecule has 0 saturated heterocycles. The number of carboxylic acids is 1. The Morgan fingerprint density at radius 1 is 1.33 bits per heavy atom. The maximum atomic E-state index is 12.5. The minimum Gasteiger partial charge on any atom is -0.481 e. The largest absolute Gasteiger partial charge is 0.481 e. The number of pyridine rings is 1. The van der Waals surface area contributed by atoms with Crippen molar-refractivity contribution in [2.45, 2.75) is 13.3 Å². The molecule has 0 saturated carbocycles. The summed E-state index contributed by atoms with van der Waals surface area (Å²) < 4.78 is 1.41. The first-order valence-electron chi connectivity index (χ1n) is 6.45. The molecule has 1 aromatic carbocycles. The Kier molecular flexibility index (Phi) is 3.06. The van der Waals surface area contributed by atoms with Crippen LogP contribution in [0.2, 0.25) is 0 Å². The minimum atomic E-state index is -0.953. The number of rotatable bonds is 3. The average Bonchev–Trinajstić information content (AvgIpc) is 2.76. The number of para-hydroxylation sites is 1. The highest BCUT2D eigenvalue weighted by Gasteiger charge is 2.14. The van der Waals surface area contributed by atoms with Crippen molar-refractivity contribution in [1.82, 2.24) is 14.8 Å². The van der Waals surface area contributed by atoms with Gasteiger partial charge in [0, 0.05) is 0 Å². The molecular weight excluding hydrogens is 270 g/mol. The number of fused-ring (bicyclic) bond motifs is 1. The molecule has 21 heavy (non-hydrogen) atoms. The van der Waals surface area contributed by atoms with Crippen molar-refractivity contribution in [2.24, 2.45) is 0 Å². The third-order valence-electron chi connectivity index (χ3n) is 3.25. The number of carbonyl (C=O) groups is 1. The predicted molar refractivity (Wildman–Crippen MR) is 77.8 cm³/mol. The number of aliphatic carboxylic acids is 1. The number of hydrogen-bond donors (Lipinski definition) is 2. The second-order valence-corrected chi connectivity index (χ2v) is 4.81. The van der Waals surface area contributed by atoms with Gasteiger partial charge in [0.25, 0.3) is 5.56 Å². The second-order valence-electron chi connectivity index (χ2n) is 4.81. The highest BCUT2D eigenvalue weighted by Crippen LogP contribution is 2.15. The third kappa shape index (κ3) is 2.31. The average molecular weight is 283 g/mol. The van der Waals surface area contributed by atoms with E-state index in [-0.39, 0.29) is 12.0 Å². The van der Waals surface area contributed by atoms with Crippen LogP contribution >= 0.6 is 0 Å². The summed E-state index contributed by atoms with van der Waals surface area (Å²) >= 11 is 0. The van der Waals surface area contributed by atoms with Crippen molar-refractivity contribution in [2.75, 3.05) is 0 Å². The van der Waals surface area contributed by atoms with Crippen LogP contribution in [0.15, 0.2) is 41.2 Å². The van der Waals surface area contributed by atoms with Gasteiger partial charge in [0.05, 0.1) is 23.2 Å². The lowest BCUT2D eigenvalue weighted by Gasteiger charge is -1.99. The van der Waals surface area contributed by atoms with Crippen molar-refractivity contribution in [3.8, 4) is 5.69 Å². The van der Waals surface area contributed by atoms with Gasteiger partial charge in [-0.3, -0.25) is 14.7 Å². The molecule has 0 aliphatic rings. The number of hydrogen-bond acceptors (Lipinski definition) is 3. The zero-order valence-electron chi connectivity index (χ0n) is 11.3. The molecule has 2 heterocycles. The summed E-state index contributed by atoms with van der Waals surface area (Å²) in [6.07, 6.45) is -0.171. The molecule has 2 aromatic heterocycles. The molecule has 0 fully saturated rings. The molecule has 0 unspecified atom stereocenters. The first kappa shape index (κ1) is 13.1. The summed E-state index contributed by atoms with van der Waals surface area (Å²) in [6, 6.07) is 10.8. The number of H-pyrrole nitrogens is 1. The first-order chi connectivity index (χ1) is 10.1. The maximum absolute atomic E-state index is 12.5. The molecule has 6 heteroatoms. The molecule has 0 radical (unpaired) electrons. The Labute approximate surface area is 119 Å². The highest BCUT2D eigenvalue weighted by molar-refractivity contribution is 5.79. The van der Waals surface area contributed by atoms with Crippen molar-refractivity contribution >= 4 is 17.0 Å². The van der Waals surface area contributed by atoms with Gasteiger partial charge in [-0.25, -0.2) is 9.67 Å². The molecule has 3 aromatic rings. The van der Waals surface area contributed by atoms with Crippen LogP contribution in [0.1, 0.15) is 11.3 Å². The Bertz CT molecular complexity index is 878. The van der Waals surface area contributed by atoms with E-state index < -0.39 is 5.97 Å². The Hall–Kier alpha value is -2.89. The molecule has 2 N–H and O–H groups in total. The van der Waals surface area contributed by atoms with Crippen LogP contribution in [0.3, 0.4) is 0 Å². The lowest BCUT2D eigenvalue weighted by Crippen LogP contribution is -2.14. The summed E-state index contributed by atoms with van der Waals surface area (Å²) in [5.41, 5.74) is 2.06. The van der Waals surface area contributed by atoms with E-state index in [1.807, 2.05) is 30.3 Å². The topological polar surface area (TPSA) is 88.0 Å². The van der Waals surface area contributed by atoms with Gasteiger partial charge in [-0.15, -0.1) is 0 Å². The van der Waals surface area contributed by atoms with Gasteiger partial charge in [0.2, 0.25) is 0 Å². The van der Waals surface area contributed by atoms with Crippen LogP contribution in [0.4, 0.5) is 0 Å².